The van der Waals surface area contributed by atoms with E-state index in [1.807, 2.05) is 19.9 Å². The van der Waals surface area contributed by atoms with Crippen molar-refractivity contribution in [2.24, 2.45) is 11.8 Å². The van der Waals surface area contributed by atoms with E-state index in [9.17, 15) is 9.18 Å². The lowest BCUT2D eigenvalue weighted by molar-refractivity contribution is -0.125. The summed E-state index contributed by atoms with van der Waals surface area (Å²) in [5.41, 5.74) is 2.00. The minimum Gasteiger partial charge on any atom is -0.395 e. The number of aromatic nitrogens is 2. The summed E-state index contributed by atoms with van der Waals surface area (Å²) in [6, 6.07) is 0.584. The molecule has 2 unspecified atom stereocenters. The quantitative estimate of drug-likeness (QED) is 0.545. The van der Waals surface area contributed by atoms with Gasteiger partial charge in [0.1, 0.15) is 11.9 Å². The third kappa shape index (κ3) is 6.58. The lowest BCUT2D eigenvalue weighted by atomic mass is 9.84. The lowest BCUT2D eigenvalue weighted by Crippen LogP contribution is -2.36. The maximum absolute atomic E-state index is 14.8. The number of amides is 1. The first-order chi connectivity index (χ1) is 16.9. The van der Waals surface area contributed by atoms with Crippen LogP contribution in [0.1, 0.15) is 64.1 Å². The van der Waals surface area contributed by atoms with Crippen molar-refractivity contribution in [3.63, 3.8) is 0 Å². The molecule has 1 aliphatic heterocycles. The largest absolute Gasteiger partial charge is 0.395 e. The molecule has 0 saturated carbocycles. The third-order valence-electron chi connectivity index (χ3n) is 7.08. The molecular weight excluding hydrogens is 451 g/mol. The summed E-state index contributed by atoms with van der Waals surface area (Å²) in [5.74, 6) is 1.02. The number of hydrogen-bond acceptors (Lipinski definition) is 7. The lowest BCUT2D eigenvalue weighted by Gasteiger charge is -2.31. The van der Waals surface area contributed by atoms with Crippen LogP contribution < -0.4 is 10.2 Å². The van der Waals surface area contributed by atoms with Crippen LogP contribution >= 0.6 is 0 Å². The number of hydrogen-bond donors (Lipinski definition) is 2. The first kappa shape index (κ1) is 25.6. The van der Waals surface area contributed by atoms with Crippen molar-refractivity contribution < 1.29 is 23.6 Å². The number of nitrogens with one attached hydrogen (secondary N) is 1. The van der Waals surface area contributed by atoms with Crippen LogP contribution in [0.4, 0.5) is 10.4 Å². The van der Waals surface area contributed by atoms with Crippen molar-refractivity contribution in [1.29, 1.82) is 0 Å². The smallest absolute Gasteiger partial charge is 0.324 e. The fourth-order valence-corrected chi connectivity index (χ4v) is 4.81. The van der Waals surface area contributed by atoms with E-state index < -0.39 is 6.10 Å². The van der Waals surface area contributed by atoms with Crippen molar-refractivity contribution >= 4 is 11.9 Å². The molecule has 3 aliphatic rings. The average Bonchev–Trinajstić information content (AvgIpc) is 3.38. The van der Waals surface area contributed by atoms with E-state index >= 15 is 0 Å². The van der Waals surface area contributed by atoms with Crippen molar-refractivity contribution in [1.82, 2.24) is 15.5 Å². The van der Waals surface area contributed by atoms with E-state index in [0.29, 0.717) is 31.4 Å². The number of aliphatic hydroxyl groups is 1. The number of piperidine rings is 1. The fraction of sp³-hybridized carbons (Fsp3) is 0.654. The Morgan fingerprint density at radius 2 is 2.09 bits per heavy atom. The van der Waals surface area contributed by atoms with E-state index in [1.165, 1.54) is 0 Å². The van der Waals surface area contributed by atoms with Gasteiger partial charge >= 0.3 is 6.01 Å². The Morgan fingerprint density at radius 1 is 1.29 bits per heavy atom. The first-order valence-corrected chi connectivity index (χ1v) is 12.8. The molecule has 2 aliphatic carbocycles. The van der Waals surface area contributed by atoms with Crippen molar-refractivity contribution in [3.8, 4) is 0 Å². The van der Waals surface area contributed by atoms with E-state index in [1.54, 1.807) is 6.08 Å². The van der Waals surface area contributed by atoms with Crippen LogP contribution in [0.2, 0.25) is 0 Å². The molecule has 2 atom stereocenters. The summed E-state index contributed by atoms with van der Waals surface area (Å²) < 4.78 is 26.2. The second-order valence-corrected chi connectivity index (χ2v) is 9.98. The zero-order chi connectivity index (χ0) is 24.8. The van der Waals surface area contributed by atoms with Crippen LogP contribution in [0, 0.1) is 11.8 Å². The van der Waals surface area contributed by atoms with E-state index in [0.717, 1.165) is 55.7 Å². The summed E-state index contributed by atoms with van der Waals surface area (Å²) >= 11 is 0. The highest BCUT2D eigenvalue weighted by Gasteiger charge is 2.27. The molecule has 8 nitrogen and oxygen atoms in total. The van der Waals surface area contributed by atoms with Crippen LogP contribution in [0.15, 0.2) is 39.7 Å². The SMILES string of the molecule is CC(C)c1noc(N2CCC(COC3CC=C(C4=CCC(C(=O)NCCO)CC4)C=C3F)CC2)n1. The van der Waals surface area contributed by atoms with Crippen LogP contribution in [-0.2, 0) is 9.53 Å². The minimum absolute atomic E-state index is 0.0228. The van der Waals surface area contributed by atoms with Crippen molar-refractivity contribution in [2.45, 2.75) is 64.4 Å². The molecule has 0 aromatic carbocycles. The highest BCUT2D eigenvalue weighted by atomic mass is 19.1. The first-order valence-electron chi connectivity index (χ1n) is 12.8. The van der Waals surface area contributed by atoms with Gasteiger partial charge in [0, 0.05) is 31.5 Å². The van der Waals surface area contributed by atoms with Crippen LogP contribution in [-0.4, -0.2) is 60.1 Å². The maximum Gasteiger partial charge on any atom is 0.324 e. The van der Waals surface area contributed by atoms with Gasteiger partial charge in [-0.2, -0.15) is 4.98 Å². The molecule has 192 valence electrons. The zero-order valence-corrected chi connectivity index (χ0v) is 20.7. The number of halogens is 1. The number of ether oxygens (including phenoxy) is 1. The summed E-state index contributed by atoms with van der Waals surface area (Å²) in [5, 5.41) is 15.6. The predicted molar refractivity (Wildman–Crippen MR) is 130 cm³/mol. The molecule has 9 heteroatoms. The Balaban J connectivity index is 1.20. The fourth-order valence-electron chi connectivity index (χ4n) is 4.81. The second kappa shape index (κ2) is 11.9. The number of carbonyl (C=O) groups is 1. The van der Waals surface area contributed by atoms with Gasteiger partial charge in [-0.15, -0.1) is 0 Å². The van der Waals surface area contributed by atoms with E-state index in [-0.39, 0.29) is 36.7 Å². The number of carbonyl (C=O) groups excluding carboxylic acids is 1. The normalized spacial score (nSPS) is 23.7. The van der Waals surface area contributed by atoms with Gasteiger partial charge in [0.25, 0.3) is 0 Å². The van der Waals surface area contributed by atoms with Crippen LogP contribution in [0.3, 0.4) is 0 Å². The highest BCUT2D eigenvalue weighted by molar-refractivity contribution is 5.79. The van der Waals surface area contributed by atoms with Crippen molar-refractivity contribution in [3.05, 3.63) is 41.0 Å². The molecule has 1 amide bonds. The molecule has 1 aromatic rings. The topological polar surface area (TPSA) is 101 Å². The molecular formula is C26H37FN4O4. The second-order valence-electron chi connectivity index (χ2n) is 9.98. The Labute approximate surface area is 206 Å². The van der Waals surface area contributed by atoms with Gasteiger partial charge in [-0.3, -0.25) is 4.79 Å². The number of anilines is 1. The molecule has 0 radical (unpaired) electrons. The van der Waals surface area contributed by atoms with Gasteiger partial charge in [-0.05, 0) is 61.7 Å². The molecule has 2 heterocycles. The summed E-state index contributed by atoms with van der Waals surface area (Å²) in [6.45, 7) is 6.50. The van der Waals surface area contributed by atoms with Gasteiger partial charge in [0.05, 0.1) is 13.2 Å². The van der Waals surface area contributed by atoms with Gasteiger partial charge in [0.15, 0.2) is 5.82 Å². The molecule has 35 heavy (non-hydrogen) atoms. The van der Waals surface area contributed by atoms with E-state index in [4.69, 9.17) is 14.4 Å². The molecule has 4 rings (SSSR count). The van der Waals surface area contributed by atoms with Gasteiger partial charge in [-0.25, -0.2) is 4.39 Å². The third-order valence-corrected chi connectivity index (χ3v) is 7.08. The van der Waals surface area contributed by atoms with E-state index in [2.05, 4.69) is 26.4 Å². The van der Waals surface area contributed by atoms with Gasteiger partial charge in [0.2, 0.25) is 5.91 Å². The van der Waals surface area contributed by atoms with Crippen LogP contribution in [0.5, 0.6) is 0 Å². The predicted octanol–water partition coefficient (Wildman–Crippen LogP) is 3.81. The number of allylic oxidation sites excluding steroid dienone is 4. The Hall–Kier alpha value is -2.52. The molecule has 1 saturated heterocycles. The Morgan fingerprint density at radius 3 is 2.71 bits per heavy atom. The summed E-state index contributed by atoms with van der Waals surface area (Å²) in [7, 11) is 0. The monoisotopic (exact) mass is 488 g/mol. The maximum atomic E-state index is 14.8. The molecule has 0 spiro atoms. The molecule has 1 fully saturated rings. The number of aliphatic hydroxyl groups excluding tert-OH is 1. The summed E-state index contributed by atoms with van der Waals surface area (Å²) in [6.07, 6.45) is 9.69. The minimum atomic E-state index is -0.525. The summed E-state index contributed by atoms with van der Waals surface area (Å²) in [4.78, 5) is 18.7. The molecule has 0 bridgehead atoms. The van der Waals surface area contributed by atoms with Crippen molar-refractivity contribution in [2.75, 3.05) is 37.7 Å². The molecule has 1 aromatic heterocycles. The highest BCUT2D eigenvalue weighted by Crippen LogP contribution is 2.33. The zero-order valence-electron chi connectivity index (χ0n) is 20.7. The average molecular weight is 489 g/mol. The van der Waals surface area contributed by atoms with Gasteiger partial charge in [-0.1, -0.05) is 31.2 Å². The van der Waals surface area contributed by atoms with Gasteiger partial charge < -0.3 is 24.6 Å². The van der Waals surface area contributed by atoms with Crippen LogP contribution in [0.25, 0.3) is 0 Å². The Bertz CT molecular complexity index is 962. The Kier molecular flexibility index (Phi) is 8.73. The molecule has 2 N–H and O–H groups in total. The standard InChI is InChI=1S/C26H37FN4O4/c1-17(2)24-29-26(35-30-24)31-12-9-18(10-13-31)16-34-23-8-7-21(15-22(23)27)19-3-5-20(6-4-19)25(33)28-11-14-32/h3,7,15,17-18,20,23,32H,4-6,8-14,16H2,1-2H3,(H,28,33). The number of nitrogens with zero attached hydrogens (tertiary/aromatic N) is 3. The number of rotatable bonds is 9.